The molecule has 88 valence electrons. The summed E-state index contributed by atoms with van der Waals surface area (Å²) in [5, 5.41) is -0.344. The van der Waals surface area contributed by atoms with Crippen LogP contribution in [0, 0.1) is 0 Å². The van der Waals surface area contributed by atoms with Crippen LogP contribution in [-0.2, 0) is 4.74 Å². The number of halogens is 3. The topological polar surface area (TPSA) is 48.4 Å². The van der Waals surface area contributed by atoms with Crippen LogP contribution in [-0.4, -0.2) is 25.2 Å². The van der Waals surface area contributed by atoms with Crippen molar-refractivity contribution in [2.45, 2.75) is 6.43 Å². The van der Waals surface area contributed by atoms with Gasteiger partial charge in [0.1, 0.15) is 22.2 Å². The van der Waals surface area contributed by atoms with Crippen LogP contribution in [0.2, 0.25) is 5.15 Å². The molecule has 1 aromatic rings. The summed E-state index contributed by atoms with van der Waals surface area (Å²) in [5.41, 5.74) is -0.731. The first-order valence-electron chi connectivity index (χ1n) is 4.12. The minimum absolute atomic E-state index is 0.120. The number of nitrogens with zero attached hydrogens (tertiary/aromatic N) is 1. The Bertz CT molecular complexity index is 412. The Morgan fingerprint density at radius 2 is 2.12 bits per heavy atom. The number of ether oxygens (including phenoxy) is 2. The number of methoxy groups -OCH3 is 2. The summed E-state index contributed by atoms with van der Waals surface area (Å²) >= 11 is 5.58. The fourth-order valence-corrected chi connectivity index (χ4v) is 1.28. The molecule has 0 bridgehead atoms. The molecule has 1 rings (SSSR count). The lowest BCUT2D eigenvalue weighted by Gasteiger charge is -2.09. The summed E-state index contributed by atoms with van der Waals surface area (Å²) in [6.45, 7) is 0. The number of esters is 1. The van der Waals surface area contributed by atoms with Gasteiger partial charge in [-0.05, 0) is 6.07 Å². The summed E-state index contributed by atoms with van der Waals surface area (Å²) in [7, 11) is 2.34. The molecule has 0 aromatic carbocycles. The molecule has 1 aromatic heterocycles. The average Bonchev–Trinajstić information content (AvgIpc) is 2.27. The van der Waals surface area contributed by atoms with E-state index in [0.717, 1.165) is 13.2 Å². The van der Waals surface area contributed by atoms with Gasteiger partial charge in [-0.25, -0.2) is 18.6 Å². The summed E-state index contributed by atoms with van der Waals surface area (Å²) in [6.07, 6.45) is -2.83. The van der Waals surface area contributed by atoms with E-state index in [1.807, 2.05) is 0 Å². The van der Waals surface area contributed by atoms with Crippen molar-refractivity contribution < 1.29 is 23.0 Å². The first-order valence-corrected chi connectivity index (χ1v) is 4.50. The Morgan fingerprint density at radius 1 is 1.50 bits per heavy atom. The highest BCUT2D eigenvalue weighted by Crippen LogP contribution is 2.30. The van der Waals surface area contributed by atoms with Gasteiger partial charge in [-0.2, -0.15) is 0 Å². The quantitative estimate of drug-likeness (QED) is 0.612. The second kappa shape index (κ2) is 5.07. The van der Waals surface area contributed by atoms with E-state index in [4.69, 9.17) is 11.6 Å². The smallest absolute Gasteiger partial charge is 0.341 e. The first kappa shape index (κ1) is 12.6. The highest BCUT2D eigenvalue weighted by Gasteiger charge is 2.22. The van der Waals surface area contributed by atoms with Gasteiger partial charge in [-0.15, -0.1) is 0 Å². The Balaban J connectivity index is 3.31. The normalized spacial score (nSPS) is 10.4. The molecule has 0 unspecified atom stereocenters. The van der Waals surface area contributed by atoms with Crippen molar-refractivity contribution in [2.24, 2.45) is 0 Å². The molecular formula is C9H8ClF2NO3. The van der Waals surface area contributed by atoms with Crippen LogP contribution in [0.15, 0.2) is 6.07 Å². The minimum Gasteiger partial charge on any atom is -0.495 e. The monoisotopic (exact) mass is 251 g/mol. The number of carbonyl (C=O) groups is 1. The zero-order valence-corrected chi connectivity index (χ0v) is 9.22. The van der Waals surface area contributed by atoms with E-state index in [2.05, 4.69) is 14.5 Å². The lowest BCUT2D eigenvalue weighted by molar-refractivity contribution is 0.0599. The van der Waals surface area contributed by atoms with E-state index < -0.39 is 18.1 Å². The molecule has 0 fully saturated rings. The molecule has 0 spiro atoms. The van der Waals surface area contributed by atoms with Gasteiger partial charge in [0.25, 0.3) is 6.43 Å². The molecule has 0 saturated carbocycles. The maximum Gasteiger partial charge on any atom is 0.341 e. The lowest BCUT2D eigenvalue weighted by Crippen LogP contribution is -2.06. The maximum absolute atomic E-state index is 12.5. The van der Waals surface area contributed by atoms with Gasteiger partial charge in [0.05, 0.1) is 14.2 Å². The summed E-state index contributed by atoms with van der Waals surface area (Å²) in [6, 6.07) is 1.07. The molecule has 7 heteroatoms. The van der Waals surface area contributed by atoms with E-state index in [1.165, 1.54) is 7.11 Å². The second-order valence-corrected chi connectivity index (χ2v) is 3.06. The van der Waals surface area contributed by atoms with Crippen LogP contribution >= 0.6 is 11.6 Å². The first-order chi connectivity index (χ1) is 7.51. The molecule has 0 aliphatic rings. The van der Waals surface area contributed by atoms with Crippen molar-refractivity contribution in [3.63, 3.8) is 0 Å². The fraction of sp³-hybridized carbons (Fsp3) is 0.333. The van der Waals surface area contributed by atoms with E-state index in [1.54, 1.807) is 0 Å². The zero-order chi connectivity index (χ0) is 12.3. The molecule has 1 heterocycles. The van der Waals surface area contributed by atoms with Crippen molar-refractivity contribution in [3.05, 3.63) is 22.5 Å². The molecule has 4 nitrogen and oxygen atoms in total. The maximum atomic E-state index is 12.5. The predicted octanol–water partition coefficient (Wildman–Crippen LogP) is 2.47. The Morgan fingerprint density at radius 3 is 2.56 bits per heavy atom. The third-order valence-electron chi connectivity index (χ3n) is 1.80. The SMILES string of the molecule is COC(=O)c1cc(OC)c(C(F)F)nc1Cl. The molecule has 0 aliphatic carbocycles. The van der Waals surface area contributed by atoms with Crippen LogP contribution in [0.1, 0.15) is 22.5 Å². The third kappa shape index (κ3) is 2.38. The molecular weight excluding hydrogens is 244 g/mol. The zero-order valence-electron chi connectivity index (χ0n) is 8.46. The number of carbonyl (C=O) groups excluding carboxylic acids is 1. The number of hydrogen-bond acceptors (Lipinski definition) is 4. The highest BCUT2D eigenvalue weighted by atomic mass is 35.5. The summed E-state index contributed by atoms with van der Waals surface area (Å²) in [4.78, 5) is 14.6. The molecule has 0 atom stereocenters. The van der Waals surface area contributed by atoms with Crippen molar-refractivity contribution in [1.82, 2.24) is 4.98 Å². The van der Waals surface area contributed by atoms with Gasteiger partial charge in [-0.3, -0.25) is 0 Å². The number of alkyl halides is 2. The van der Waals surface area contributed by atoms with Crippen molar-refractivity contribution >= 4 is 17.6 Å². The standard InChI is InChI=1S/C9H8ClF2NO3/c1-15-5-3-4(9(14)16-2)7(10)13-6(5)8(11)12/h3,8H,1-2H3. The molecule has 0 N–H and O–H groups in total. The van der Waals surface area contributed by atoms with Crippen LogP contribution < -0.4 is 4.74 Å². The van der Waals surface area contributed by atoms with Gasteiger partial charge in [0.2, 0.25) is 0 Å². The van der Waals surface area contributed by atoms with Gasteiger partial charge < -0.3 is 9.47 Å². The Hall–Kier alpha value is -1.43. The number of hydrogen-bond donors (Lipinski definition) is 0. The van der Waals surface area contributed by atoms with Crippen molar-refractivity contribution in [3.8, 4) is 5.75 Å². The highest BCUT2D eigenvalue weighted by molar-refractivity contribution is 6.32. The van der Waals surface area contributed by atoms with E-state index in [0.29, 0.717) is 0 Å². The van der Waals surface area contributed by atoms with E-state index in [-0.39, 0.29) is 16.5 Å². The number of aromatic nitrogens is 1. The van der Waals surface area contributed by atoms with Crippen LogP contribution in [0.5, 0.6) is 5.75 Å². The lowest BCUT2D eigenvalue weighted by atomic mass is 10.2. The van der Waals surface area contributed by atoms with Crippen LogP contribution in [0.3, 0.4) is 0 Å². The third-order valence-corrected chi connectivity index (χ3v) is 2.09. The van der Waals surface area contributed by atoms with Gasteiger partial charge >= 0.3 is 5.97 Å². The number of pyridine rings is 1. The predicted molar refractivity (Wildman–Crippen MR) is 52.1 cm³/mol. The van der Waals surface area contributed by atoms with E-state index >= 15 is 0 Å². The van der Waals surface area contributed by atoms with E-state index in [9.17, 15) is 13.6 Å². The fourth-order valence-electron chi connectivity index (χ4n) is 1.06. The summed E-state index contributed by atoms with van der Waals surface area (Å²) in [5.74, 6) is -0.976. The molecule has 0 radical (unpaired) electrons. The van der Waals surface area contributed by atoms with Crippen LogP contribution in [0.25, 0.3) is 0 Å². The van der Waals surface area contributed by atoms with Gasteiger partial charge in [0, 0.05) is 0 Å². The molecule has 0 saturated heterocycles. The Kier molecular flexibility index (Phi) is 4.00. The Labute approximate surface area is 95.1 Å². The van der Waals surface area contributed by atoms with Crippen LogP contribution in [0.4, 0.5) is 8.78 Å². The average molecular weight is 252 g/mol. The number of rotatable bonds is 3. The van der Waals surface area contributed by atoms with Gasteiger partial charge in [-0.1, -0.05) is 11.6 Å². The van der Waals surface area contributed by atoms with Crippen molar-refractivity contribution in [1.29, 1.82) is 0 Å². The van der Waals surface area contributed by atoms with Gasteiger partial charge in [0.15, 0.2) is 0 Å². The minimum atomic E-state index is -2.83. The molecule has 0 aliphatic heterocycles. The molecule has 0 amide bonds. The van der Waals surface area contributed by atoms with Crippen molar-refractivity contribution in [2.75, 3.05) is 14.2 Å². The molecule has 16 heavy (non-hydrogen) atoms. The summed E-state index contributed by atoms with van der Waals surface area (Å²) < 4.78 is 34.1. The largest absolute Gasteiger partial charge is 0.495 e. The second-order valence-electron chi connectivity index (χ2n) is 2.71.